The molecular weight excluding hydrogens is 278 g/mol. The zero-order valence-electron chi connectivity index (χ0n) is 9.71. The van der Waals surface area contributed by atoms with Crippen molar-refractivity contribution in [1.82, 2.24) is 5.32 Å². The maximum atomic E-state index is 12.1. The predicted octanol–water partition coefficient (Wildman–Crippen LogP) is 3.22. The summed E-state index contributed by atoms with van der Waals surface area (Å²) in [6, 6.07) is 8.44. The van der Waals surface area contributed by atoms with E-state index in [4.69, 9.17) is 0 Å². The van der Waals surface area contributed by atoms with Gasteiger partial charge in [-0.3, -0.25) is 4.79 Å². The summed E-state index contributed by atoms with van der Waals surface area (Å²) in [6.07, 6.45) is 4.50. The van der Waals surface area contributed by atoms with E-state index in [0.29, 0.717) is 5.92 Å². The predicted molar refractivity (Wildman–Crippen MR) is 70.8 cm³/mol. The third kappa shape index (κ3) is 1.71. The average molecular weight is 294 g/mol. The number of carbonyl (C=O) groups excluding carboxylic acids is 1. The molecule has 0 bridgehead atoms. The van der Waals surface area contributed by atoms with Crippen LogP contribution >= 0.6 is 15.9 Å². The van der Waals surface area contributed by atoms with Gasteiger partial charge in [0, 0.05) is 16.9 Å². The van der Waals surface area contributed by atoms with Crippen LogP contribution in [0.4, 0.5) is 0 Å². The van der Waals surface area contributed by atoms with Crippen LogP contribution in [0.25, 0.3) is 0 Å². The molecule has 2 fully saturated rings. The Morgan fingerprint density at radius 3 is 2.47 bits per heavy atom. The van der Waals surface area contributed by atoms with Crippen molar-refractivity contribution in [1.29, 1.82) is 0 Å². The van der Waals surface area contributed by atoms with E-state index in [1.165, 1.54) is 18.4 Å². The number of halogens is 1. The van der Waals surface area contributed by atoms with Crippen molar-refractivity contribution in [2.24, 2.45) is 5.41 Å². The lowest BCUT2D eigenvalue weighted by Gasteiger charge is -2.27. The molecule has 1 aromatic rings. The highest BCUT2D eigenvalue weighted by molar-refractivity contribution is 9.10. The van der Waals surface area contributed by atoms with E-state index in [1.54, 1.807) is 0 Å². The second-order valence-corrected chi connectivity index (χ2v) is 6.09. The van der Waals surface area contributed by atoms with Crippen molar-refractivity contribution < 1.29 is 4.79 Å². The number of benzene rings is 1. The lowest BCUT2D eigenvalue weighted by Crippen LogP contribution is -2.31. The summed E-state index contributed by atoms with van der Waals surface area (Å²) >= 11 is 3.46. The molecule has 1 aliphatic carbocycles. The lowest BCUT2D eigenvalue weighted by molar-refractivity contribution is -0.127. The Balaban J connectivity index is 1.97. The van der Waals surface area contributed by atoms with Crippen LogP contribution in [0.3, 0.4) is 0 Å². The maximum Gasteiger partial charge on any atom is 0.226 e. The summed E-state index contributed by atoms with van der Waals surface area (Å²) < 4.78 is 1.10. The molecule has 1 amide bonds. The Morgan fingerprint density at radius 2 is 1.82 bits per heavy atom. The highest BCUT2D eigenvalue weighted by Crippen LogP contribution is 2.51. The van der Waals surface area contributed by atoms with Gasteiger partial charge in [0.1, 0.15) is 0 Å². The van der Waals surface area contributed by atoms with Crippen molar-refractivity contribution in [2.45, 2.75) is 31.6 Å². The first-order valence-corrected chi connectivity index (χ1v) is 7.05. The van der Waals surface area contributed by atoms with Crippen molar-refractivity contribution in [3.8, 4) is 0 Å². The fraction of sp³-hybridized carbons (Fsp3) is 0.500. The molecule has 0 unspecified atom stereocenters. The van der Waals surface area contributed by atoms with Crippen LogP contribution in [0, 0.1) is 5.41 Å². The quantitative estimate of drug-likeness (QED) is 0.846. The minimum atomic E-state index is -0.103. The Labute approximate surface area is 110 Å². The minimum Gasteiger partial charge on any atom is -0.355 e. The maximum absolute atomic E-state index is 12.1. The molecule has 3 rings (SSSR count). The molecule has 2 aliphatic rings. The standard InChI is InChI=1S/C14H16BrNO/c15-11-5-3-10(4-6-11)12-9-16-13(17)14(12)7-1-2-8-14/h3-6,12H,1-2,7-9H2,(H,16,17)/t12-/m0/s1. The molecule has 17 heavy (non-hydrogen) atoms. The van der Waals surface area contributed by atoms with Gasteiger partial charge in [0.2, 0.25) is 5.91 Å². The molecule has 0 aromatic heterocycles. The molecule has 1 saturated carbocycles. The Bertz CT molecular complexity index is 434. The summed E-state index contributed by atoms with van der Waals surface area (Å²) in [4.78, 5) is 12.1. The highest BCUT2D eigenvalue weighted by Gasteiger charge is 2.51. The summed E-state index contributed by atoms with van der Waals surface area (Å²) in [5.41, 5.74) is 1.20. The van der Waals surface area contributed by atoms with Gasteiger partial charge < -0.3 is 5.32 Å². The Morgan fingerprint density at radius 1 is 1.18 bits per heavy atom. The molecule has 1 aliphatic heterocycles. The lowest BCUT2D eigenvalue weighted by atomic mass is 9.73. The van der Waals surface area contributed by atoms with Crippen LogP contribution < -0.4 is 5.32 Å². The fourth-order valence-corrected chi connectivity index (χ4v) is 3.70. The normalized spacial score (nSPS) is 26.4. The van der Waals surface area contributed by atoms with Gasteiger partial charge in [-0.25, -0.2) is 0 Å². The third-order valence-electron chi connectivity index (χ3n) is 4.35. The number of carbonyl (C=O) groups is 1. The number of amides is 1. The van der Waals surface area contributed by atoms with Crippen molar-refractivity contribution in [3.63, 3.8) is 0 Å². The number of rotatable bonds is 1. The Hall–Kier alpha value is -0.830. The summed E-state index contributed by atoms with van der Waals surface area (Å²) in [7, 11) is 0. The molecule has 1 heterocycles. The van der Waals surface area contributed by atoms with Crippen LogP contribution in [-0.2, 0) is 4.79 Å². The fourth-order valence-electron chi connectivity index (χ4n) is 3.44. The highest BCUT2D eigenvalue weighted by atomic mass is 79.9. The molecule has 1 atom stereocenters. The van der Waals surface area contributed by atoms with Gasteiger partial charge in [0.05, 0.1) is 5.41 Å². The first-order chi connectivity index (χ1) is 8.22. The molecule has 1 spiro atoms. The summed E-state index contributed by atoms with van der Waals surface area (Å²) in [5.74, 6) is 0.647. The second-order valence-electron chi connectivity index (χ2n) is 5.18. The second kappa shape index (κ2) is 4.13. The monoisotopic (exact) mass is 293 g/mol. The van der Waals surface area contributed by atoms with E-state index in [0.717, 1.165) is 23.9 Å². The zero-order valence-corrected chi connectivity index (χ0v) is 11.3. The molecule has 3 heteroatoms. The van der Waals surface area contributed by atoms with Gasteiger partial charge in [0.25, 0.3) is 0 Å². The van der Waals surface area contributed by atoms with Crippen molar-refractivity contribution in [3.05, 3.63) is 34.3 Å². The summed E-state index contributed by atoms with van der Waals surface area (Å²) in [6.45, 7) is 0.806. The Kier molecular flexibility index (Phi) is 2.74. The third-order valence-corrected chi connectivity index (χ3v) is 4.88. The van der Waals surface area contributed by atoms with E-state index in [9.17, 15) is 4.79 Å². The van der Waals surface area contributed by atoms with Gasteiger partial charge in [-0.05, 0) is 30.5 Å². The molecule has 1 N–H and O–H groups in total. The minimum absolute atomic E-state index is 0.103. The summed E-state index contributed by atoms with van der Waals surface area (Å²) in [5, 5.41) is 3.06. The molecule has 2 nitrogen and oxygen atoms in total. The van der Waals surface area contributed by atoms with Gasteiger partial charge in [-0.15, -0.1) is 0 Å². The first-order valence-electron chi connectivity index (χ1n) is 6.26. The van der Waals surface area contributed by atoms with Gasteiger partial charge in [-0.1, -0.05) is 40.9 Å². The number of hydrogen-bond acceptors (Lipinski definition) is 1. The molecule has 0 radical (unpaired) electrons. The van der Waals surface area contributed by atoms with Gasteiger partial charge >= 0.3 is 0 Å². The van der Waals surface area contributed by atoms with E-state index in [1.807, 2.05) is 0 Å². The van der Waals surface area contributed by atoms with E-state index in [2.05, 4.69) is 45.5 Å². The smallest absolute Gasteiger partial charge is 0.226 e. The largest absolute Gasteiger partial charge is 0.355 e. The average Bonchev–Trinajstić information content (AvgIpc) is 2.92. The van der Waals surface area contributed by atoms with Crippen molar-refractivity contribution in [2.75, 3.05) is 6.54 Å². The molecule has 1 saturated heterocycles. The van der Waals surface area contributed by atoms with Crippen LogP contribution in [0.15, 0.2) is 28.7 Å². The SMILES string of the molecule is O=C1NC[C@@H](c2ccc(Br)cc2)C12CCCC2. The van der Waals surface area contributed by atoms with Gasteiger partial charge in [0.15, 0.2) is 0 Å². The molecule has 90 valence electrons. The number of nitrogens with one attached hydrogen (secondary N) is 1. The van der Waals surface area contributed by atoms with Crippen LogP contribution in [-0.4, -0.2) is 12.5 Å². The van der Waals surface area contributed by atoms with Gasteiger partial charge in [-0.2, -0.15) is 0 Å². The topological polar surface area (TPSA) is 29.1 Å². The van der Waals surface area contributed by atoms with E-state index < -0.39 is 0 Å². The van der Waals surface area contributed by atoms with E-state index in [-0.39, 0.29) is 11.3 Å². The first kappa shape index (κ1) is 11.3. The number of hydrogen-bond donors (Lipinski definition) is 1. The molecule has 1 aromatic carbocycles. The van der Waals surface area contributed by atoms with Crippen LogP contribution in [0.2, 0.25) is 0 Å². The van der Waals surface area contributed by atoms with E-state index >= 15 is 0 Å². The van der Waals surface area contributed by atoms with Crippen molar-refractivity contribution >= 4 is 21.8 Å². The zero-order chi connectivity index (χ0) is 11.9. The van der Waals surface area contributed by atoms with Crippen LogP contribution in [0.1, 0.15) is 37.2 Å². The molecular formula is C14H16BrNO. The van der Waals surface area contributed by atoms with Crippen LogP contribution in [0.5, 0.6) is 0 Å².